The van der Waals surface area contributed by atoms with Gasteiger partial charge in [-0.25, -0.2) is 4.98 Å². The van der Waals surface area contributed by atoms with E-state index in [9.17, 15) is 0 Å². The fourth-order valence-corrected chi connectivity index (χ4v) is 3.13. The largest absolute Gasteiger partial charge is 0.494 e. The number of aryl methyl sites for hydroxylation is 1. The molecule has 0 spiro atoms. The number of aromatic nitrogens is 1. The lowest BCUT2D eigenvalue weighted by molar-refractivity contribution is 0.305. The first kappa shape index (κ1) is 15.8. The first-order valence-corrected chi connectivity index (χ1v) is 8.44. The fourth-order valence-electron chi connectivity index (χ4n) is 2.22. The van der Waals surface area contributed by atoms with E-state index in [1.165, 1.54) is 29.7 Å². The van der Waals surface area contributed by atoms with Gasteiger partial charge in [-0.2, -0.15) is 0 Å². The lowest BCUT2D eigenvalue weighted by Crippen LogP contribution is -1.97. The van der Waals surface area contributed by atoms with Crippen molar-refractivity contribution in [3.63, 3.8) is 0 Å². The van der Waals surface area contributed by atoms with Gasteiger partial charge in [0.15, 0.2) is 5.13 Å². The van der Waals surface area contributed by atoms with Crippen LogP contribution in [0.25, 0.3) is 10.4 Å². The summed E-state index contributed by atoms with van der Waals surface area (Å²) in [4.78, 5) is 5.70. The van der Waals surface area contributed by atoms with Crippen LogP contribution in [-0.4, -0.2) is 18.6 Å². The summed E-state index contributed by atoms with van der Waals surface area (Å²) in [5.41, 5.74) is 2.24. The van der Waals surface area contributed by atoms with Gasteiger partial charge in [0.2, 0.25) is 0 Å². The molecule has 1 heterocycles. The van der Waals surface area contributed by atoms with Crippen molar-refractivity contribution in [1.82, 2.24) is 4.98 Å². The van der Waals surface area contributed by atoms with Gasteiger partial charge in [0, 0.05) is 7.05 Å². The number of rotatable bonds is 8. The van der Waals surface area contributed by atoms with Gasteiger partial charge in [0.1, 0.15) is 5.75 Å². The van der Waals surface area contributed by atoms with Crippen molar-refractivity contribution in [2.75, 3.05) is 19.0 Å². The molecule has 0 aliphatic rings. The summed E-state index contributed by atoms with van der Waals surface area (Å²) in [6.07, 6.45) is 4.92. The second-order valence-corrected chi connectivity index (χ2v) is 6.12. The van der Waals surface area contributed by atoms with E-state index in [1.807, 2.05) is 20.0 Å². The van der Waals surface area contributed by atoms with Gasteiger partial charge in [-0.3, -0.25) is 0 Å². The van der Waals surface area contributed by atoms with Crippen molar-refractivity contribution < 1.29 is 4.74 Å². The van der Waals surface area contributed by atoms with Crippen molar-refractivity contribution in [3.05, 3.63) is 30.0 Å². The van der Waals surface area contributed by atoms with Gasteiger partial charge in [0.05, 0.1) is 17.2 Å². The third-order valence-electron chi connectivity index (χ3n) is 3.37. The van der Waals surface area contributed by atoms with Crippen molar-refractivity contribution in [2.24, 2.45) is 0 Å². The Balaban J connectivity index is 2.01. The van der Waals surface area contributed by atoms with E-state index >= 15 is 0 Å². The van der Waals surface area contributed by atoms with Crippen LogP contribution in [-0.2, 0) is 0 Å². The van der Waals surface area contributed by atoms with E-state index in [4.69, 9.17) is 4.74 Å². The van der Waals surface area contributed by atoms with Crippen molar-refractivity contribution in [1.29, 1.82) is 0 Å². The summed E-state index contributed by atoms with van der Waals surface area (Å²) in [7, 11) is 1.90. The Morgan fingerprint density at radius 3 is 2.81 bits per heavy atom. The Kier molecular flexibility index (Phi) is 6.05. The maximum atomic E-state index is 5.86. The van der Waals surface area contributed by atoms with Crippen molar-refractivity contribution in [2.45, 2.75) is 39.5 Å². The highest BCUT2D eigenvalue weighted by atomic mass is 32.1. The highest BCUT2D eigenvalue weighted by Crippen LogP contribution is 2.34. The molecule has 0 aliphatic carbocycles. The lowest BCUT2D eigenvalue weighted by Gasteiger charge is -2.07. The van der Waals surface area contributed by atoms with Gasteiger partial charge in [0.25, 0.3) is 0 Å². The number of anilines is 1. The predicted octanol–water partition coefficient (Wildman–Crippen LogP) is 5.12. The van der Waals surface area contributed by atoms with Crippen LogP contribution in [0.4, 0.5) is 5.13 Å². The SMILES string of the molecule is CCCCCCOc1cccc(-c2sc(NC)nc2C)c1. The predicted molar refractivity (Wildman–Crippen MR) is 91.5 cm³/mol. The molecule has 2 rings (SSSR count). The molecule has 21 heavy (non-hydrogen) atoms. The van der Waals surface area contributed by atoms with Gasteiger partial charge in [-0.15, -0.1) is 0 Å². The lowest BCUT2D eigenvalue weighted by atomic mass is 10.1. The molecule has 1 aromatic heterocycles. The summed E-state index contributed by atoms with van der Waals surface area (Å²) in [6.45, 7) is 5.07. The van der Waals surface area contributed by atoms with Gasteiger partial charge in [-0.05, 0) is 31.0 Å². The molecule has 0 bridgehead atoms. The molecule has 0 aliphatic heterocycles. The zero-order chi connectivity index (χ0) is 15.1. The van der Waals surface area contributed by atoms with Crippen LogP contribution >= 0.6 is 11.3 Å². The Bertz CT molecular complexity index is 566. The number of nitrogens with one attached hydrogen (secondary N) is 1. The third-order valence-corrected chi connectivity index (χ3v) is 4.60. The standard InChI is InChI=1S/C17H24N2OS/c1-4-5-6-7-11-20-15-10-8-9-14(12-15)16-13(2)19-17(18-3)21-16/h8-10,12H,4-7,11H2,1-3H3,(H,18,19). The molecule has 114 valence electrons. The number of ether oxygens (including phenoxy) is 1. The minimum atomic E-state index is 0.799. The van der Waals surface area contributed by atoms with Gasteiger partial charge >= 0.3 is 0 Å². The van der Waals surface area contributed by atoms with E-state index in [0.29, 0.717) is 0 Å². The molecule has 2 aromatic rings. The smallest absolute Gasteiger partial charge is 0.183 e. The summed E-state index contributed by atoms with van der Waals surface area (Å²) in [5.74, 6) is 0.947. The van der Waals surface area contributed by atoms with Crippen LogP contribution in [0.15, 0.2) is 24.3 Å². The summed E-state index contributed by atoms with van der Waals surface area (Å²) in [6, 6.07) is 8.30. The number of hydrogen-bond donors (Lipinski definition) is 1. The number of thiazole rings is 1. The molecular weight excluding hydrogens is 280 g/mol. The van der Waals surface area contributed by atoms with E-state index in [0.717, 1.165) is 29.6 Å². The van der Waals surface area contributed by atoms with Crippen LogP contribution in [0.1, 0.15) is 38.3 Å². The van der Waals surface area contributed by atoms with E-state index in [-0.39, 0.29) is 0 Å². The Labute approximate surface area is 131 Å². The minimum Gasteiger partial charge on any atom is -0.494 e. The number of nitrogens with zero attached hydrogens (tertiary/aromatic N) is 1. The number of benzene rings is 1. The molecule has 1 aromatic carbocycles. The molecule has 0 unspecified atom stereocenters. The summed E-state index contributed by atoms with van der Waals surface area (Å²) < 4.78 is 5.86. The first-order chi connectivity index (χ1) is 10.2. The average Bonchev–Trinajstić information content (AvgIpc) is 2.88. The molecule has 0 atom stereocenters. The molecule has 0 saturated heterocycles. The molecule has 1 N–H and O–H groups in total. The first-order valence-electron chi connectivity index (χ1n) is 7.63. The average molecular weight is 304 g/mol. The van der Waals surface area contributed by atoms with Crippen LogP contribution in [0.2, 0.25) is 0 Å². The monoisotopic (exact) mass is 304 g/mol. The van der Waals surface area contributed by atoms with Crippen LogP contribution in [0, 0.1) is 6.92 Å². The van der Waals surface area contributed by atoms with E-state index < -0.39 is 0 Å². The second-order valence-electron chi connectivity index (χ2n) is 5.12. The minimum absolute atomic E-state index is 0.799. The second kappa shape index (κ2) is 8.03. The van der Waals surface area contributed by atoms with Crippen LogP contribution < -0.4 is 10.1 Å². The molecule has 3 nitrogen and oxygen atoms in total. The molecule has 0 fully saturated rings. The third kappa shape index (κ3) is 4.46. The zero-order valence-electron chi connectivity index (χ0n) is 13.1. The molecule has 0 radical (unpaired) electrons. The Hall–Kier alpha value is -1.55. The summed E-state index contributed by atoms with van der Waals surface area (Å²) in [5, 5.41) is 4.05. The van der Waals surface area contributed by atoms with Gasteiger partial charge in [-0.1, -0.05) is 49.7 Å². The molecule has 0 saturated carbocycles. The molecular formula is C17H24N2OS. The fraction of sp³-hybridized carbons (Fsp3) is 0.471. The Morgan fingerprint density at radius 1 is 1.24 bits per heavy atom. The van der Waals surface area contributed by atoms with Gasteiger partial charge < -0.3 is 10.1 Å². The number of hydrogen-bond acceptors (Lipinski definition) is 4. The van der Waals surface area contributed by atoms with Crippen LogP contribution in [0.5, 0.6) is 5.75 Å². The van der Waals surface area contributed by atoms with E-state index in [1.54, 1.807) is 11.3 Å². The highest BCUT2D eigenvalue weighted by molar-refractivity contribution is 7.19. The summed E-state index contributed by atoms with van der Waals surface area (Å²) >= 11 is 1.68. The van der Waals surface area contributed by atoms with Crippen molar-refractivity contribution >= 4 is 16.5 Å². The normalized spacial score (nSPS) is 10.6. The zero-order valence-corrected chi connectivity index (χ0v) is 13.9. The topological polar surface area (TPSA) is 34.1 Å². The maximum Gasteiger partial charge on any atom is 0.183 e. The molecule has 0 amide bonds. The maximum absolute atomic E-state index is 5.86. The number of unbranched alkanes of at least 4 members (excludes halogenated alkanes) is 3. The van der Waals surface area contributed by atoms with Crippen molar-refractivity contribution in [3.8, 4) is 16.2 Å². The quantitative estimate of drug-likeness (QED) is 0.687. The van der Waals surface area contributed by atoms with E-state index in [2.05, 4.69) is 35.4 Å². The van der Waals surface area contributed by atoms with Crippen LogP contribution in [0.3, 0.4) is 0 Å². The Morgan fingerprint density at radius 2 is 2.10 bits per heavy atom. The molecule has 4 heteroatoms. The highest BCUT2D eigenvalue weighted by Gasteiger charge is 2.09.